The second-order valence-corrected chi connectivity index (χ2v) is 8.38. The highest BCUT2D eigenvalue weighted by atomic mass is 32.2. The van der Waals surface area contributed by atoms with Crippen LogP contribution < -0.4 is 10.0 Å². The number of halogens is 2. The molecule has 1 aromatic heterocycles. The Morgan fingerprint density at radius 1 is 1.19 bits per heavy atom. The molecule has 0 aliphatic rings. The highest BCUT2D eigenvalue weighted by Crippen LogP contribution is 2.25. The maximum absolute atomic E-state index is 12.5. The van der Waals surface area contributed by atoms with E-state index in [2.05, 4.69) is 20.2 Å². The van der Waals surface area contributed by atoms with E-state index in [0.717, 1.165) is 5.56 Å². The lowest BCUT2D eigenvalue weighted by Gasteiger charge is -2.13. The Kier molecular flexibility index (Phi) is 6.37. The average Bonchev–Trinajstić information content (AvgIpc) is 2.94. The molecular weight excluding hydrogens is 386 g/mol. The van der Waals surface area contributed by atoms with Gasteiger partial charge in [0.2, 0.25) is 21.1 Å². The van der Waals surface area contributed by atoms with Crippen LogP contribution in [-0.2, 0) is 14.8 Å². The lowest BCUT2D eigenvalue weighted by Crippen LogP contribution is -2.29. The largest absolute Gasteiger partial charge is 0.300 e. The van der Waals surface area contributed by atoms with Crippen molar-refractivity contribution in [2.45, 2.75) is 38.5 Å². The third kappa shape index (κ3) is 5.02. The first kappa shape index (κ1) is 20.3. The minimum Gasteiger partial charge on any atom is -0.300 e. The number of benzene rings is 1. The topological polar surface area (TPSA) is 101 Å². The van der Waals surface area contributed by atoms with Crippen molar-refractivity contribution >= 4 is 32.4 Å². The van der Waals surface area contributed by atoms with Gasteiger partial charge in [0.1, 0.15) is 0 Å². The number of rotatable bonds is 7. The van der Waals surface area contributed by atoms with Gasteiger partial charge in [-0.15, -0.1) is 10.2 Å². The molecule has 142 valence electrons. The molecule has 0 unspecified atom stereocenters. The van der Waals surface area contributed by atoms with Gasteiger partial charge in [-0.05, 0) is 31.9 Å². The van der Waals surface area contributed by atoms with E-state index in [1.165, 1.54) is 0 Å². The summed E-state index contributed by atoms with van der Waals surface area (Å²) >= 11 is 0.568. The predicted molar refractivity (Wildman–Crippen MR) is 94.0 cm³/mol. The quantitative estimate of drug-likeness (QED) is 0.739. The number of amides is 1. The van der Waals surface area contributed by atoms with E-state index in [1.54, 1.807) is 26.0 Å². The van der Waals surface area contributed by atoms with E-state index in [4.69, 9.17) is 0 Å². The molecule has 1 heterocycles. The van der Waals surface area contributed by atoms with Gasteiger partial charge < -0.3 is 5.32 Å². The first-order valence-electron chi connectivity index (χ1n) is 7.59. The van der Waals surface area contributed by atoms with Crippen LogP contribution in [0.15, 0.2) is 17.0 Å². The summed E-state index contributed by atoms with van der Waals surface area (Å²) in [6, 6.07) is 3.54. The Hall–Kier alpha value is -1.98. The molecule has 11 heteroatoms. The van der Waals surface area contributed by atoms with Crippen molar-refractivity contribution in [2.75, 3.05) is 11.9 Å². The predicted octanol–water partition coefficient (Wildman–Crippen LogP) is 2.71. The molecule has 0 spiro atoms. The van der Waals surface area contributed by atoms with Crippen LogP contribution in [0.2, 0.25) is 0 Å². The zero-order chi connectivity index (χ0) is 19.5. The number of carbonyl (C=O) groups is 1. The number of sulfonamides is 1. The third-order valence-electron chi connectivity index (χ3n) is 3.39. The number of aromatic nitrogens is 2. The Morgan fingerprint density at radius 2 is 1.81 bits per heavy atom. The molecule has 0 aliphatic heterocycles. The van der Waals surface area contributed by atoms with Gasteiger partial charge in [-0.25, -0.2) is 21.9 Å². The van der Waals surface area contributed by atoms with Crippen molar-refractivity contribution in [3.8, 4) is 0 Å². The second-order valence-electron chi connectivity index (χ2n) is 5.67. The Morgan fingerprint density at radius 3 is 2.35 bits per heavy atom. The zero-order valence-corrected chi connectivity index (χ0v) is 16.0. The van der Waals surface area contributed by atoms with Gasteiger partial charge in [-0.3, -0.25) is 4.79 Å². The van der Waals surface area contributed by atoms with Crippen LogP contribution in [0.5, 0.6) is 0 Å². The molecule has 0 atom stereocenters. The SMILES string of the molecule is Cc1cc(C)c(S(=O)(=O)NCCC(=O)Nc2nnc(C(F)F)s2)c(C)c1. The first-order valence-corrected chi connectivity index (χ1v) is 9.89. The van der Waals surface area contributed by atoms with Gasteiger partial charge in [0.15, 0.2) is 5.01 Å². The molecule has 0 bridgehead atoms. The summed E-state index contributed by atoms with van der Waals surface area (Å²) in [6.45, 7) is 5.15. The fraction of sp³-hybridized carbons (Fsp3) is 0.400. The summed E-state index contributed by atoms with van der Waals surface area (Å²) in [7, 11) is -3.77. The number of hydrogen-bond acceptors (Lipinski definition) is 6. The van der Waals surface area contributed by atoms with Crippen molar-refractivity contribution in [1.82, 2.24) is 14.9 Å². The molecule has 0 fully saturated rings. The number of aryl methyl sites for hydroxylation is 3. The fourth-order valence-electron chi connectivity index (χ4n) is 2.52. The summed E-state index contributed by atoms with van der Waals surface area (Å²) in [5.41, 5.74) is 2.19. The van der Waals surface area contributed by atoms with Gasteiger partial charge in [0, 0.05) is 13.0 Å². The Balaban J connectivity index is 1.95. The summed E-state index contributed by atoms with van der Waals surface area (Å²) in [5.74, 6) is -0.554. The lowest BCUT2D eigenvalue weighted by atomic mass is 10.1. The van der Waals surface area contributed by atoms with E-state index >= 15 is 0 Å². The van der Waals surface area contributed by atoms with E-state index in [1.807, 2.05) is 6.92 Å². The van der Waals surface area contributed by atoms with Crippen molar-refractivity contribution in [1.29, 1.82) is 0 Å². The number of nitrogens with one attached hydrogen (secondary N) is 2. The molecule has 0 aliphatic carbocycles. The van der Waals surface area contributed by atoms with Crippen LogP contribution >= 0.6 is 11.3 Å². The molecule has 1 aromatic carbocycles. The number of nitrogens with zero attached hydrogens (tertiary/aromatic N) is 2. The van der Waals surface area contributed by atoms with Gasteiger partial charge in [-0.2, -0.15) is 0 Å². The molecular formula is C15H18F2N4O3S2. The average molecular weight is 404 g/mol. The van der Waals surface area contributed by atoms with E-state index in [0.29, 0.717) is 22.5 Å². The van der Waals surface area contributed by atoms with Crippen molar-refractivity contribution in [2.24, 2.45) is 0 Å². The van der Waals surface area contributed by atoms with E-state index in [9.17, 15) is 22.0 Å². The summed E-state index contributed by atoms with van der Waals surface area (Å²) in [4.78, 5) is 12.0. The second kappa shape index (κ2) is 8.14. The highest BCUT2D eigenvalue weighted by molar-refractivity contribution is 7.89. The molecule has 0 radical (unpaired) electrons. The summed E-state index contributed by atoms with van der Waals surface area (Å²) < 4.78 is 52.1. The van der Waals surface area contributed by atoms with E-state index < -0.39 is 27.4 Å². The maximum Gasteiger partial charge on any atom is 0.291 e. The van der Waals surface area contributed by atoms with Crippen LogP contribution in [0.4, 0.5) is 13.9 Å². The molecule has 2 rings (SSSR count). The first-order chi connectivity index (χ1) is 12.1. The molecule has 7 nitrogen and oxygen atoms in total. The molecule has 0 saturated heterocycles. The number of hydrogen-bond donors (Lipinski definition) is 2. The molecule has 0 saturated carbocycles. The van der Waals surface area contributed by atoms with Crippen molar-refractivity contribution in [3.63, 3.8) is 0 Å². The van der Waals surface area contributed by atoms with Crippen LogP contribution in [0.3, 0.4) is 0 Å². The van der Waals surface area contributed by atoms with Gasteiger partial charge >= 0.3 is 0 Å². The highest BCUT2D eigenvalue weighted by Gasteiger charge is 2.20. The Labute approximate surface area is 153 Å². The van der Waals surface area contributed by atoms with Crippen LogP contribution in [0, 0.1) is 20.8 Å². The van der Waals surface area contributed by atoms with Gasteiger partial charge in [0.25, 0.3) is 6.43 Å². The van der Waals surface area contributed by atoms with Crippen molar-refractivity contribution < 1.29 is 22.0 Å². The number of carbonyl (C=O) groups excluding carboxylic acids is 1. The fourth-order valence-corrected chi connectivity index (χ4v) is 4.61. The van der Waals surface area contributed by atoms with Gasteiger partial charge in [0.05, 0.1) is 4.90 Å². The lowest BCUT2D eigenvalue weighted by molar-refractivity contribution is -0.116. The summed E-state index contributed by atoms with van der Waals surface area (Å²) in [6.07, 6.45) is -2.93. The minimum absolute atomic E-state index is 0.0571. The number of alkyl halides is 2. The monoisotopic (exact) mass is 404 g/mol. The normalized spacial score (nSPS) is 11.8. The van der Waals surface area contributed by atoms with Crippen molar-refractivity contribution in [3.05, 3.63) is 33.8 Å². The summed E-state index contributed by atoms with van der Waals surface area (Å²) in [5, 5.41) is 8.44. The molecule has 1 amide bonds. The standard InChI is InChI=1S/C15H18F2N4O3S2/c1-8-6-9(2)12(10(3)7-8)26(23,24)18-5-4-11(22)19-15-21-20-14(25-15)13(16)17/h6-7,13,18H,4-5H2,1-3H3,(H,19,21,22). The Bertz CT molecular complexity index is 890. The van der Waals surface area contributed by atoms with Crippen LogP contribution in [0.25, 0.3) is 0 Å². The molecule has 2 N–H and O–H groups in total. The number of anilines is 1. The van der Waals surface area contributed by atoms with E-state index in [-0.39, 0.29) is 23.0 Å². The van der Waals surface area contributed by atoms with Gasteiger partial charge in [-0.1, -0.05) is 29.0 Å². The smallest absolute Gasteiger partial charge is 0.291 e. The van der Waals surface area contributed by atoms with Crippen LogP contribution in [0.1, 0.15) is 34.5 Å². The zero-order valence-electron chi connectivity index (χ0n) is 14.3. The minimum atomic E-state index is -3.77. The third-order valence-corrected chi connectivity index (χ3v) is 6.00. The molecule has 26 heavy (non-hydrogen) atoms. The molecule has 2 aromatic rings. The maximum atomic E-state index is 12.5. The van der Waals surface area contributed by atoms with Crippen LogP contribution in [-0.4, -0.2) is 31.1 Å².